The van der Waals surface area contributed by atoms with Gasteiger partial charge >= 0.3 is 0 Å². The zero-order valence-electron chi connectivity index (χ0n) is 29.2. The summed E-state index contributed by atoms with van der Waals surface area (Å²) in [6.45, 7) is -4.51. The highest BCUT2D eigenvalue weighted by Gasteiger charge is 2.56. The number of ether oxygens (including phenoxy) is 9. The molecule has 0 aromatic carbocycles. The van der Waals surface area contributed by atoms with E-state index in [1.165, 1.54) is 0 Å². The Kier molecular flexibility index (Phi) is 16.1. The van der Waals surface area contributed by atoms with Crippen molar-refractivity contribution < 1.29 is 129 Å². The predicted octanol–water partition coefficient (Wildman–Crippen LogP) is -11.9. The van der Waals surface area contributed by atoms with Gasteiger partial charge in [-0.3, -0.25) is 0 Å². The van der Waals surface area contributed by atoms with Crippen LogP contribution in [0.3, 0.4) is 0 Å². The third-order valence-electron chi connectivity index (χ3n) is 10.3. The van der Waals surface area contributed by atoms with Crippen molar-refractivity contribution in [1.29, 1.82) is 0 Å². The lowest BCUT2D eigenvalue weighted by Crippen LogP contribution is -2.68. The first-order chi connectivity index (χ1) is 26.5. The van der Waals surface area contributed by atoms with Gasteiger partial charge in [0.1, 0.15) is 122 Å². The van der Waals surface area contributed by atoms with Crippen LogP contribution in [-0.2, 0) is 42.6 Å². The van der Waals surface area contributed by atoms with Crippen molar-refractivity contribution in [3.05, 3.63) is 0 Å². The number of aliphatic hydroxyl groups is 17. The molecule has 25 atom stereocenters. The van der Waals surface area contributed by atoms with Gasteiger partial charge in [-0.2, -0.15) is 0 Å². The average molecular weight is 829 g/mol. The Labute approximate surface area is 316 Å². The number of hydrogen-bond donors (Lipinski definition) is 17. The summed E-state index contributed by atoms with van der Waals surface area (Å²) in [5.74, 6) is 0. The minimum absolute atomic E-state index is 0.811. The van der Waals surface area contributed by atoms with Crippen molar-refractivity contribution in [2.24, 2.45) is 0 Å². The van der Waals surface area contributed by atoms with E-state index >= 15 is 0 Å². The van der Waals surface area contributed by atoms with Crippen LogP contribution in [0.1, 0.15) is 0 Å². The quantitative estimate of drug-likeness (QED) is 0.0819. The van der Waals surface area contributed by atoms with E-state index in [1.807, 2.05) is 0 Å². The Morgan fingerprint density at radius 1 is 0.268 bits per heavy atom. The highest BCUT2D eigenvalue weighted by Crippen LogP contribution is 2.35. The van der Waals surface area contributed by atoms with Crippen LogP contribution < -0.4 is 0 Å². The lowest BCUT2D eigenvalue weighted by atomic mass is 9.95. The van der Waals surface area contributed by atoms with Crippen molar-refractivity contribution in [3.63, 3.8) is 0 Å². The van der Waals surface area contributed by atoms with Crippen LogP contribution >= 0.6 is 0 Å². The van der Waals surface area contributed by atoms with Gasteiger partial charge < -0.3 is 129 Å². The second-order valence-corrected chi connectivity index (χ2v) is 13.9. The van der Waals surface area contributed by atoms with Gasteiger partial charge in [0, 0.05) is 0 Å². The molecule has 0 spiro atoms. The van der Waals surface area contributed by atoms with Gasteiger partial charge in [0.15, 0.2) is 31.5 Å². The fourth-order valence-electron chi connectivity index (χ4n) is 7.03. The maximum atomic E-state index is 11.1. The summed E-state index contributed by atoms with van der Waals surface area (Å²) >= 11 is 0. The highest BCUT2D eigenvalue weighted by molar-refractivity contribution is 4.99. The molecular formula is C30H52O26. The SMILES string of the molecule is OC[C@H]1O[C@H](O[C@H]2[C@H](O)[C@@H](O)[C@H](O[C@H]3[C@H](O)[C@@H](O)[C@@H](O[C@H]4[C@H](O)[C@@H](O)[C@@H](O[C@H]5[C@H](O)[C@@H](O)[C@@H](O)O[C@@H]5CO)O[C@@H]4CO)O[C@@H]3CO)O[C@@H]2CO)[C@H](O)[C@@H](O)[C@@H]1O. The smallest absolute Gasteiger partial charge is 0.187 e. The summed E-state index contributed by atoms with van der Waals surface area (Å²) in [7, 11) is 0. The minimum Gasteiger partial charge on any atom is -0.394 e. The molecule has 0 unspecified atom stereocenters. The molecule has 0 aromatic heterocycles. The van der Waals surface area contributed by atoms with Crippen molar-refractivity contribution in [2.45, 2.75) is 154 Å². The van der Waals surface area contributed by atoms with Gasteiger partial charge in [-0.1, -0.05) is 0 Å². The van der Waals surface area contributed by atoms with Crippen LogP contribution in [0, 0.1) is 0 Å². The van der Waals surface area contributed by atoms with Crippen LogP contribution in [0.5, 0.6) is 0 Å². The molecule has 0 radical (unpaired) electrons. The Balaban J connectivity index is 1.22. The monoisotopic (exact) mass is 828 g/mol. The molecule has 56 heavy (non-hydrogen) atoms. The number of rotatable bonds is 13. The Bertz CT molecular complexity index is 1200. The van der Waals surface area contributed by atoms with Crippen LogP contribution in [-0.4, -0.2) is 273 Å². The molecule has 26 heteroatoms. The van der Waals surface area contributed by atoms with E-state index in [-0.39, 0.29) is 0 Å². The molecule has 17 N–H and O–H groups in total. The zero-order chi connectivity index (χ0) is 41.3. The van der Waals surface area contributed by atoms with E-state index in [4.69, 9.17) is 42.6 Å². The van der Waals surface area contributed by atoms with Crippen LogP contribution in [0.4, 0.5) is 0 Å². The fraction of sp³-hybridized carbons (Fsp3) is 1.00. The predicted molar refractivity (Wildman–Crippen MR) is 167 cm³/mol. The summed E-state index contributed by atoms with van der Waals surface area (Å²) in [4.78, 5) is 0. The lowest BCUT2D eigenvalue weighted by molar-refractivity contribution is -0.392. The second-order valence-electron chi connectivity index (χ2n) is 13.9. The highest BCUT2D eigenvalue weighted by atomic mass is 16.8. The maximum Gasteiger partial charge on any atom is 0.187 e. The Morgan fingerprint density at radius 3 is 0.821 bits per heavy atom. The zero-order valence-corrected chi connectivity index (χ0v) is 29.2. The number of aliphatic hydroxyl groups excluding tert-OH is 17. The van der Waals surface area contributed by atoms with Crippen molar-refractivity contribution >= 4 is 0 Å². The largest absolute Gasteiger partial charge is 0.394 e. The summed E-state index contributed by atoms with van der Waals surface area (Å²) in [5.41, 5.74) is 0. The van der Waals surface area contributed by atoms with Crippen LogP contribution in [0.25, 0.3) is 0 Å². The van der Waals surface area contributed by atoms with E-state index in [2.05, 4.69) is 0 Å². The van der Waals surface area contributed by atoms with Gasteiger partial charge in [0.2, 0.25) is 0 Å². The summed E-state index contributed by atoms with van der Waals surface area (Å²) < 4.78 is 49.1. The average Bonchev–Trinajstić information content (AvgIpc) is 3.19. The van der Waals surface area contributed by atoms with Crippen molar-refractivity contribution in [1.82, 2.24) is 0 Å². The number of hydrogen-bond acceptors (Lipinski definition) is 26. The van der Waals surface area contributed by atoms with Crippen molar-refractivity contribution in [2.75, 3.05) is 33.0 Å². The van der Waals surface area contributed by atoms with Gasteiger partial charge in [0.25, 0.3) is 0 Å². The van der Waals surface area contributed by atoms with Gasteiger partial charge in [0.05, 0.1) is 33.0 Å². The van der Waals surface area contributed by atoms with E-state index < -0.39 is 187 Å². The topological polar surface area (TPSA) is 427 Å². The minimum atomic E-state index is -2.12. The van der Waals surface area contributed by atoms with E-state index in [9.17, 15) is 86.8 Å². The molecule has 0 aromatic rings. The summed E-state index contributed by atoms with van der Waals surface area (Å²) in [6, 6.07) is 0. The molecule has 0 amide bonds. The molecule has 0 saturated carbocycles. The molecule has 0 aliphatic carbocycles. The molecule has 5 aliphatic heterocycles. The van der Waals surface area contributed by atoms with Crippen LogP contribution in [0.15, 0.2) is 0 Å². The van der Waals surface area contributed by atoms with E-state index in [1.54, 1.807) is 0 Å². The third-order valence-corrected chi connectivity index (χ3v) is 10.3. The van der Waals surface area contributed by atoms with Gasteiger partial charge in [-0.25, -0.2) is 0 Å². The Hall–Kier alpha value is -1.04. The van der Waals surface area contributed by atoms with Gasteiger partial charge in [-0.15, -0.1) is 0 Å². The first-order valence-electron chi connectivity index (χ1n) is 17.6. The lowest BCUT2D eigenvalue weighted by Gasteiger charge is -2.49. The van der Waals surface area contributed by atoms with Gasteiger partial charge in [-0.05, 0) is 0 Å². The molecule has 0 bridgehead atoms. The Morgan fingerprint density at radius 2 is 0.518 bits per heavy atom. The normalized spacial score (nSPS) is 53.2. The summed E-state index contributed by atoms with van der Waals surface area (Å²) in [6.07, 6.45) is -45.8. The molecule has 5 heterocycles. The molecule has 5 saturated heterocycles. The second kappa shape index (κ2) is 19.6. The third kappa shape index (κ3) is 9.16. The molecule has 5 aliphatic rings. The maximum absolute atomic E-state index is 11.1. The van der Waals surface area contributed by atoms with Crippen molar-refractivity contribution in [3.8, 4) is 0 Å². The molecule has 328 valence electrons. The molecular weight excluding hydrogens is 776 g/mol. The molecule has 5 fully saturated rings. The van der Waals surface area contributed by atoms with E-state index in [0.717, 1.165) is 0 Å². The standard InChI is InChI=1S/C30H52O26/c31-1-6-11(36)12(37)18(43)27(49-6)54-23-8(3-33)51-29(20(45)14(23)39)56-25-10(5-35)52-30(21(46)16(25)41)55-24-9(4-34)50-28(19(44)15(24)40)53-22-7(2-32)48-26(47)17(42)13(22)38/h6-47H,1-5H2/t6-,7-,8-,9-,10-,11-,12+,13-,14-,15-,16-,17-,18-,19-,20-,21-,22-,23-,24-,25-,26+,27-,28-,29+,30-/m1/s1. The molecule has 26 nitrogen and oxygen atoms in total. The van der Waals surface area contributed by atoms with Crippen LogP contribution in [0.2, 0.25) is 0 Å². The first kappa shape index (κ1) is 46.0. The first-order valence-corrected chi connectivity index (χ1v) is 17.6. The van der Waals surface area contributed by atoms with E-state index in [0.29, 0.717) is 0 Å². The molecule has 5 rings (SSSR count). The summed E-state index contributed by atoms with van der Waals surface area (Å²) in [5, 5.41) is 176. The fourth-order valence-corrected chi connectivity index (χ4v) is 7.03.